The van der Waals surface area contributed by atoms with E-state index >= 15 is 0 Å². The normalized spacial score (nSPS) is 10.8. The van der Waals surface area contributed by atoms with Crippen molar-refractivity contribution in [1.82, 2.24) is 0 Å². The Morgan fingerprint density at radius 1 is 1.04 bits per heavy atom. The summed E-state index contributed by atoms with van der Waals surface area (Å²) in [5.74, 6) is 0.753. The van der Waals surface area contributed by atoms with Crippen molar-refractivity contribution in [2.75, 3.05) is 12.5 Å². The van der Waals surface area contributed by atoms with Gasteiger partial charge in [0.2, 0.25) is 0 Å². The van der Waals surface area contributed by atoms with Gasteiger partial charge in [-0.2, -0.15) is 5.10 Å². The fraction of sp³-hybridized carbons (Fsp3) is 0.0952. The molecular formula is C21H18BrFN2O2. The number of anilines is 1. The topological polar surface area (TPSA) is 42.8 Å². The minimum absolute atomic E-state index is 0.110. The molecule has 0 unspecified atom stereocenters. The third-order valence-electron chi connectivity index (χ3n) is 3.80. The molecule has 3 rings (SSSR count). The second-order valence-electron chi connectivity index (χ2n) is 5.64. The maximum absolute atomic E-state index is 13.8. The number of ether oxygens (including phenoxy) is 2. The number of methoxy groups -OCH3 is 1. The maximum Gasteiger partial charge on any atom is 0.162 e. The number of benzene rings is 3. The Kier molecular flexibility index (Phi) is 6.44. The summed E-state index contributed by atoms with van der Waals surface area (Å²) in [7, 11) is 1.56. The third kappa shape index (κ3) is 5.08. The van der Waals surface area contributed by atoms with Gasteiger partial charge < -0.3 is 9.47 Å². The molecule has 0 aromatic heterocycles. The first kappa shape index (κ1) is 18.9. The summed E-state index contributed by atoms with van der Waals surface area (Å²) in [6.45, 7) is 0.110. The smallest absolute Gasteiger partial charge is 0.162 e. The van der Waals surface area contributed by atoms with Crippen LogP contribution in [0.25, 0.3) is 0 Å². The first-order valence-corrected chi connectivity index (χ1v) is 9.04. The van der Waals surface area contributed by atoms with E-state index in [1.54, 1.807) is 43.7 Å². The van der Waals surface area contributed by atoms with E-state index in [2.05, 4.69) is 26.5 Å². The molecule has 1 N–H and O–H groups in total. The van der Waals surface area contributed by atoms with Gasteiger partial charge in [0, 0.05) is 15.6 Å². The van der Waals surface area contributed by atoms with Crippen molar-refractivity contribution in [2.24, 2.45) is 5.10 Å². The van der Waals surface area contributed by atoms with Gasteiger partial charge in [0.25, 0.3) is 0 Å². The molecule has 0 atom stereocenters. The quantitative estimate of drug-likeness (QED) is 0.392. The Morgan fingerprint density at radius 3 is 2.52 bits per heavy atom. The zero-order valence-electron chi connectivity index (χ0n) is 14.7. The van der Waals surface area contributed by atoms with E-state index in [0.29, 0.717) is 17.1 Å². The van der Waals surface area contributed by atoms with Crippen molar-refractivity contribution in [1.29, 1.82) is 0 Å². The SMILES string of the molecule is COc1cc(/C=N/Nc2ccccc2)c(Br)cc1OCc1ccccc1F. The molecule has 27 heavy (non-hydrogen) atoms. The summed E-state index contributed by atoms with van der Waals surface area (Å²) in [6.07, 6.45) is 1.68. The molecule has 0 heterocycles. The fourth-order valence-electron chi connectivity index (χ4n) is 2.38. The molecular weight excluding hydrogens is 411 g/mol. The van der Waals surface area contributed by atoms with Crippen molar-refractivity contribution >= 4 is 27.8 Å². The van der Waals surface area contributed by atoms with Gasteiger partial charge in [0.15, 0.2) is 11.5 Å². The summed E-state index contributed by atoms with van der Waals surface area (Å²) in [5.41, 5.74) is 5.14. The molecule has 0 fully saturated rings. The number of para-hydroxylation sites is 1. The molecule has 0 bridgehead atoms. The zero-order valence-corrected chi connectivity index (χ0v) is 16.2. The van der Waals surface area contributed by atoms with Crippen molar-refractivity contribution in [3.8, 4) is 11.5 Å². The van der Waals surface area contributed by atoms with Gasteiger partial charge in [-0.25, -0.2) is 4.39 Å². The number of hydrogen-bond donors (Lipinski definition) is 1. The monoisotopic (exact) mass is 428 g/mol. The van der Waals surface area contributed by atoms with E-state index in [-0.39, 0.29) is 12.4 Å². The summed E-state index contributed by atoms with van der Waals surface area (Å²) >= 11 is 3.51. The average Bonchev–Trinajstić information content (AvgIpc) is 2.69. The summed E-state index contributed by atoms with van der Waals surface area (Å²) in [5, 5.41) is 4.23. The van der Waals surface area contributed by atoms with Gasteiger partial charge >= 0.3 is 0 Å². The molecule has 4 nitrogen and oxygen atoms in total. The molecule has 6 heteroatoms. The minimum atomic E-state index is -0.300. The lowest BCUT2D eigenvalue weighted by atomic mass is 10.2. The molecule has 0 amide bonds. The number of rotatable bonds is 7. The van der Waals surface area contributed by atoms with Gasteiger partial charge in [-0.1, -0.05) is 36.4 Å². The number of hydrogen-bond acceptors (Lipinski definition) is 4. The molecule has 138 valence electrons. The number of nitrogens with zero attached hydrogens (tertiary/aromatic N) is 1. The van der Waals surface area contributed by atoms with Gasteiger partial charge in [-0.15, -0.1) is 0 Å². The lowest BCUT2D eigenvalue weighted by Crippen LogP contribution is -2.01. The number of halogens is 2. The van der Waals surface area contributed by atoms with Crippen LogP contribution in [0, 0.1) is 5.82 Å². The predicted molar refractivity (Wildman–Crippen MR) is 109 cm³/mol. The second-order valence-corrected chi connectivity index (χ2v) is 6.50. The Balaban J connectivity index is 1.73. The van der Waals surface area contributed by atoms with Crippen molar-refractivity contribution in [3.63, 3.8) is 0 Å². The van der Waals surface area contributed by atoms with Gasteiger partial charge in [0.05, 0.1) is 19.0 Å². The zero-order chi connectivity index (χ0) is 19.1. The van der Waals surface area contributed by atoms with Crippen LogP contribution in [0.2, 0.25) is 0 Å². The van der Waals surface area contributed by atoms with Crippen LogP contribution in [0.4, 0.5) is 10.1 Å². The summed E-state index contributed by atoms with van der Waals surface area (Å²) in [6, 6.07) is 19.7. The Morgan fingerprint density at radius 2 is 1.78 bits per heavy atom. The lowest BCUT2D eigenvalue weighted by molar-refractivity contribution is 0.279. The van der Waals surface area contributed by atoms with Crippen molar-refractivity contribution < 1.29 is 13.9 Å². The summed E-state index contributed by atoms with van der Waals surface area (Å²) < 4.78 is 25.7. The second kappa shape index (κ2) is 9.19. The fourth-order valence-corrected chi connectivity index (χ4v) is 2.81. The molecule has 0 saturated heterocycles. The molecule has 0 aliphatic rings. The minimum Gasteiger partial charge on any atom is -0.493 e. The van der Waals surface area contributed by atoms with Gasteiger partial charge in [-0.3, -0.25) is 5.43 Å². The highest BCUT2D eigenvalue weighted by Crippen LogP contribution is 2.33. The molecule has 0 spiro atoms. The van der Waals surface area contributed by atoms with Crippen LogP contribution in [0.1, 0.15) is 11.1 Å². The summed E-state index contributed by atoms with van der Waals surface area (Å²) in [4.78, 5) is 0. The van der Waals surface area contributed by atoms with Crippen molar-refractivity contribution in [3.05, 3.63) is 88.1 Å². The maximum atomic E-state index is 13.8. The first-order valence-electron chi connectivity index (χ1n) is 8.25. The molecule has 0 saturated carbocycles. The van der Waals surface area contributed by atoms with E-state index in [4.69, 9.17) is 9.47 Å². The van der Waals surface area contributed by atoms with E-state index in [1.807, 2.05) is 30.3 Å². The largest absolute Gasteiger partial charge is 0.493 e. The standard InChI is InChI=1S/C21H18BrFN2O2/c1-26-20-11-16(13-24-25-17-8-3-2-4-9-17)18(22)12-21(20)27-14-15-7-5-6-10-19(15)23/h2-13,25H,14H2,1H3/b24-13+. The lowest BCUT2D eigenvalue weighted by Gasteiger charge is -2.13. The highest BCUT2D eigenvalue weighted by atomic mass is 79.9. The number of hydrazone groups is 1. The Labute approximate surface area is 165 Å². The number of nitrogens with one attached hydrogen (secondary N) is 1. The van der Waals surface area contributed by atoms with Crippen LogP contribution in [0.5, 0.6) is 11.5 Å². The van der Waals surface area contributed by atoms with E-state index in [9.17, 15) is 4.39 Å². The van der Waals surface area contributed by atoms with Crippen molar-refractivity contribution in [2.45, 2.75) is 6.61 Å². The molecule has 0 aliphatic heterocycles. The van der Waals surface area contributed by atoms with E-state index < -0.39 is 0 Å². The molecule has 0 aliphatic carbocycles. The predicted octanol–water partition coefficient (Wildman–Crippen LogP) is 5.62. The van der Waals surface area contributed by atoms with Crippen LogP contribution in [-0.4, -0.2) is 13.3 Å². The average molecular weight is 429 g/mol. The highest BCUT2D eigenvalue weighted by molar-refractivity contribution is 9.10. The van der Waals surface area contributed by atoms with Crippen LogP contribution in [0.15, 0.2) is 76.3 Å². The molecule has 3 aromatic rings. The van der Waals surface area contributed by atoms with Crippen LogP contribution in [0.3, 0.4) is 0 Å². The van der Waals surface area contributed by atoms with E-state index in [1.165, 1.54) is 6.07 Å². The van der Waals surface area contributed by atoms with Gasteiger partial charge in [0.1, 0.15) is 12.4 Å². The van der Waals surface area contributed by atoms with E-state index in [0.717, 1.165) is 15.7 Å². The van der Waals surface area contributed by atoms with Crippen LogP contribution >= 0.6 is 15.9 Å². The molecule has 3 aromatic carbocycles. The highest BCUT2D eigenvalue weighted by Gasteiger charge is 2.11. The Bertz CT molecular complexity index is 933. The van der Waals surface area contributed by atoms with Gasteiger partial charge in [-0.05, 0) is 46.3 Å². The van der Waals surface area contributed by atoms with Crippen LogP contribution < -0.4 is 14.9 Å². The molecule has 0 radical (unpaired) electrons. The van der Waals surface area contributed by atoms with Crippen LogP contribution in [-0.2, 0) is 6.61 Å². The Hall–Kier alpha value is -2.86. The first-order chi connectivity index (χ1) is 13.2. The third-order valence-corrected chi connectivity index (χ3v) is 4.48.